The molecule has 0 aromatic heterocycles. The zero-order valence-corrected chi connectivity index (χ0v) is 23.1. The zero-order valence-electron chi connectivity index (χ0n) is 21.6. The van der Waals surface area contributed by atoms with Gasteiger partial charge in [-0.3, -0.25) is 5.21 Å². The number of rotatable bonds is 11. The summed E-state index contributed by atoms with van der Waals surface area (Å²) in [4.78, 5) is 0. The summed E-state index contributed by atoms with van der Waals surface area (Å²) in [5.41, 5.74) is 6.96. The highest BCUT2D eigenvalue weighted by atomic mass is 35.5. The average Bonchev–Trinajstić information content (AvgIpc) is 2.82. The predicted molar refractivity (Wildman–Crippen MR) is 147 cm³/mol. The molecule has 196 valence electrons. The third-order valence-electron chi connectivity index (χ3n) is 5.77. The zero-order chi connectivity index (χ0) is 26.5. The Morgan fingerprint density at radius 2 is 2.00 bits per heavy atom. The lowest BCUT2D eigenvalue weighted by molar-refractivity contribution is -0.134. The van der Waals surface area contributed by atoms with Crippen LogP contribution in [0.3, 0.4) is 0 Å². The van der Waals surface area contributed by atoms with Gasteiger partial charge >= 0.3 is 0 Å². The molecule has 0 bridgehead atoms. The van der Waals surface area contributed by atoms with Gasteiger partial charge in [-0.2, -0.15) is 5.26 Å². The molecule has 0 aliphatic heterocycles. The maximum absolute atomic E-state index is 9.07. The molecule has 2 aromatic rings. The molecule has 1 fully saturated rings. The Balaban J connectivity index is 0.000000261. The van der Waals surface area contributed by atoms with Crippen molar-refractivity contribution in [2.45, 2.75) is 52.5 Å². The SMILES string of the molecule is C/C=C\c1cc(OCC2CC(NN(C)O)C2)ccc1C.CCCc1cc(Cl)c(OCCCl)c(C#N)c1. The van der Waals surface area contributed by atoms with Crippen LogP contribution in [-0.2, 0) is 6.42 Å². The van der Waals surface area contributed by atoms with E-state index in [1.165, 1.54) is 11.1 Å². The van der Waals surface area contributed by atoms with Crippen molar-refractivity contribution in [3.05, 3.63) is 63.7 Å². The van der Waals surface area contributed by atoms with Crippen LogP contribution in [0.25, 0.3) is 6.08 Å². The van der Waals surface area contributed by atoms with Crippen molar-refractivity contribution in [3.8, 4) is 17.6 Å². The summed E-state index contributed by atoms with van der Waals surface area (Å²) in [6, 6.07) is 12.3. The van der Waals surface area contributed by atoms with Crippen LogP contribution in [-0.4, -0.2) is 42.6 Å². The van der Waals surface area contributed by atoms with Crippen molar-refractivity contribution in [2.24, 2.45) is 5.92 Å². The Morgan fingerprint density at radius 3 is 2.61 bits per heavy atom. The lowest BCUT2D eigenvalue weighted by Gasteiger charge is -2.36. The highest BCUT2D eigenvalue weighted by Crippen LogP contribution is 2.31. The van der Waals surface area contributed by atoms with Gasteiger partial charge in [0.25, 0.3) is 0 Å². The minimum atomic E-state index is 0.350. The molecule has 0 amide bonds. The summed E-state index contributed by atoms with van der Waals surface area (Å²) in [7, 11) is 1.60. The first kappa shape index (κ1) is 30.0. The summed E-state index contributed by atoms with van der Waals surface area (Å²) in [6.45, 7) is 7.30. The number of alkyl halides is 1. The van der Waals surface area contributed by atoms with Gasteiger partial charge in [-0.25, -0.2) is 5.43 Å². The number of hydrogen-bond donors (Lipinski definition) is 2. The van der Waals surface area contributed by atoms with Gasteiger partial charge in [-0.1, -0.05) is 43.2 Å². The van der Waals surface area contributed by atoms with Gasteiger partial charge < -0.3 is 9.47 Å². The van der Waals surface area contributed by atoms with Gasteiger partial charge in [0.1, 0.15) is 18.4 Å². The third kappa shape index (κ3) is 9.65. The van der Waals surface area contributed by atoms with E-state index >= 15 is 0 Å². The Kier molecular flexibility index (Phi) is 13.1. The van der Waals surface area contributed by atoms with Gasteiger partial charge in [0.05, 0.1) is 23.1 Å². The van der Waals surface area contributed by atoms with Crippen LogP contribution in [0.15, 0.2) is 36.4 Å². The molecule has 1 aliphatic carbocycles. The normalized spacial score (nSPS) is 16.8. The summed E-state index contributed by atoms with van der Waals surface area (Å²) >= 11 is 11.6. The van der Waals surface area contributed by atoms with Crippen molar-refractivity contribution in [3.63, 3.8) is 0 Å². The molecule has 3 rings (SSSR count). The first-order valence-corrected chi connectivity index (χ1v) is 13.2. The number of allylic oxidation sites excluding steroid dienone is 1. The van der Waals surface area contributed by atoms with E-state index in [0.717, 1.165) is 48.8 Å². The van der Waals surface area contributed by atoms with E-state index in [-0.39, 0.29) is 0 Å². The van der Waals surface area contributed by atoms with Crippen molar-refractivity contribution < 1.29 is 14.7 Å². The van der Waals surface area contributed by atoms with Gasteiger partial charge in [-0.15, -0.1) is 16.8 Å². The molecule has 0 spiro atoms. The van der Waals surface area contributed by atoms with Gasteiger partial charge in [0.2, 0.25) is 0 Å². The lowest BCUT2D eigenvalue weighted by atomic mass is 9.81. The maximum Gasteiger partial charge on any atom is 0.155 e. The smallest absolute Gasteiger partial charge is 0.155 e. The van der Waals surface area contributed by atoms with E-state index in [9.17, 15) is 0 Å². The maximum atomic E-state index is 9.07. The molecule has 0 radical (unpaired) electrons. The average molecular weight is 535 g/mol. The molecule has 8 heteroatoms. The molecule has 0 heterocycles. The second-order valence-electron chi connectivity index (χ2n) is 8.87. The number of nitrogens with zero attached hydrogens (tertiary/aromatic N) is 2. The van der Waals surface area contributed by atoms with E-state index in [1.807, 2.05) is 31.2 Å². The van der Waals surface area contributed by atoms with E-state index < -0.39 is 0 Å². The van der Waals surface area contributed by atoms with Crippen LogP contribution < -0.4 is 14.9 Å². The van der Waals surface area contributed by atoms with Crippen molar-refractivity contribution in [1.29, 1.82) is 5.26 Å². The molecule has 2 aromatic carbocycles. The van der Waals surface area contributed by atoms with Gasteiger partial charge in [0, 0.05) is 13.1 Å². The number of nitrogens with one attached hydrogen (secondary N) is 1. The van der Waals surface area contributed by atoms with Crippen LogP contribution in [0, 0.1) is 24.2 Å². The fraction of sp³-hybridized carbons (Fsp3) is 0.464. The van der Waals surface area contributed by atoms with E-state index in [2.05, 4.69) is 43.6 Å². The Labute approximate surface area is 225 Å². The molecule has 0 atom stereocenters. The Bertz CT molecular complexity index is 1030. The van der Waals surface area contributed by atoms with Gasteiger partial charge in [-0.05, 0) is 80.0 Å². The van der Waals surface area contributed by atoms with Crippen molar-refractivity contribution >= 4 is 29.3 Å². The number of hydrazine groups is 1. The quantitative estimate of drug-likeness (QED) is 0.244. The molecular weight excluding hydrogens is 497 g/mol. The van der Waals surface area contributed by atoms with Crippen LogP contribution in [0.5, 0.6) is 11.5 Å². The summed E-state index contributed by atoms with van der Waals surface area (Å²) in [6.07, 6.45) is 8.15. The number of nitriles is 1. The first-order chi connectivity index (χ1) is 17.3. The molecule has 0 unspecified atom stereocenters. The molecule has 6 nitrogen and oxygen atoms in total. The second kappa shape index (κ2) is 15.8. The fourth-order valence-electron chi connectivity index (χ4n) is 3.98. The van der Waals surface area contributed by atoms with E-state index in [0.29, 0.717) is 40.8 Å². The first-order valence-electron chi connectivity index (χ1n) is 12.3. The number of halogens is 2. The van der Waals surface area contributed by atoms with E-state index in [1.54, 1.807) is 7.05 Å². The highest BCUT2D eigenvalue weighted by Gasteiger charge is 2.30. The monoisotopic (exact) mass is 533 g/mol. The molecule has 0 saturated heterocycles. The van der Waals surface area contributed by atoms with Crippen LogP contribution in [0.1, 0.15) is 55.4 Å². The molecule has 1 aliphatic rings. The number of benzene rings is 2. The number of hydroxylamine groups is 1. The minimum absolute atomic E-state index is 0.350. The molecule has 36 heavy (non-hydrogen) atoms. The molecule has 2 N–H and O–H groups in total. The van der Waals surface area contributed by atoms with Crippen molar-refractivity contribution in [2.75, 3.05) is 26.1 Å². The fourth-order valence-corrected chi connectivity index (χ4v) is 4.35. The van der Waals surface area contributed by atoms with E-state index in [4.69, 9.17) is 43.1 Å². The Hall–Kier alpha value is -2.27. The highest BCUT2D eigenvalue weighted by molar-refractivity contribution is 6.32. The minimum Gasteiger partial charge on any atom is -0.493 e. The van der Waals surface area contributed by atoms with Gasteiger partial charge in [0.15, 0.2) is 5.75 Å². The van der Waals surface area contributed by atoms with Crippen LogP contribution in [0.4, 0.5) is 0 Å². The summed E-state index contributed by atoms with van der Waals surface area (Å²) < 4.78 is 11.2. The van der Waals surface area contributed by atoms with Crippen LogP contribution >= 0.6 is 23.2 Å². The number of ether oxygens (including phenoxy) is 2. The lowest BCUT2D eigenvalue weighted by Crippen LogP contribution is -2.48. The largest absolute Gasteiger partial charge is 0.493 e. The number of aryl methyl sites for hydroxylation is 2. The van der Waals surface area contributed by atoms with Crippen LogP contribution in [0.2, 0.25) is 5.02 Å². The molecule has 1 saturated carbocycles. The predicted octanol–water partition coefficient (Wildman–Crippen LogP) is 6.79. The second-order valence-corrected chi connectivity index (χ2v) is 9.66. The standard InChI is InChI=1S/C16H24N2O2.C12H13Cl2NO/c1-4-5-14-10-16(7-6-12(14)2)20-11-13-8-15(9-13)17-18(3)19;1-2-3-9-6-10(8-15)12(11(14)7-9)16-5-4-13/h4-7,10,13,15,17,19H,8-9,11H2,1-3H3;6-7H,2-5H2,1H3/b5-4-;. The summed E-state index contributed by atoms with van der Waals surface area (Å²) in [5.74, 6) is 2.31. The summed E-state index contributed by atoms with van der Waals surface area (Å²) in [5, 5.41) is 19.6. The topological polar surface area (TPSA) is 77.8 Å². The van der Waals surface area contributed by atoms with Crippen molar-refractivity contribution in [1.82, 2.24) is 10.6 Å². The Morgan fingerprint density at radius 1 is 1.25 bits per heavy atom. The molecular formula is C28H37Cl2N3O3. The number of hydrogen-bond acceptors (Lipinski definition) is 6. The third-order valence-corrected chi connectivity index (χ3v) is 6.21.